The molecular formula is C24H23NO6S. The van der Waals surface area contributed by atoms with Crippen LogP contribution in [0.2, 0.25) is 0 Å². The molecular weight excluding hydrogens is 430 g/mol. The zero-order valence-corrected chi connectivity index (χ0v) is 19.0. The van der Waals surface area contributed by atoms with Gasteiger partial charge in [-0.1, -0.05) is 72.4 Å². The molecule has 0 unspecified atom stereocenters. The van der Waals surface area contributed by atoms with E-state index in [9.17, 15) is 19.2 Å². The fourth-order valence-electron chi connectivity index (χ4n) is 2.66. The third kappa shape index (κ3) is 6.18. The average molecular weight is 454 g/mol. The Balaban J connectivity index is 2.74. The van der Waals surface area contributed by atoms with Crippen LogP contribution >= 0.6 is 11.8 Å². The number of esters is 2. The molecule has 0 saturated carbocycles. The van der Waals surface area contributed by atoms with E-state index >= 15 is 0 Å². The number of hydrogen-bond donors (Lipinski definition) is 0. The molecule has 2 aromatic carbocycles. The van der Waals surface area contributed by atoms with Crippen molar-refractivity contribution in [2.45, 2.75) is 0 Å². The molecule has 166 valence electrons. The van der Waals surface area contributed by atoms with Gasteiger partial charge in [-0.15, -0.1) is 0 Å². The molecule has 0 radical (unpaired) electrons. The zero-order chi connectivity index (χ0) is 23.7. The van der Waals surface area contributed by atoms with E-state index in [1.807, 2.05) is 0 Å². The lowest BCUT2D eigenvalue weighted by molar-refractivity contribution is -0.137. The number of nitrogens with zero attached hydrogens (tertiary/aromatic N) is 1. The van der Waals surface area contributed by atoms with Crippen LogP contribution in [0.15, 0.2) is 82.2 Å². The highest BCUT2D eigenvalue weighted by molar-refractivity contribution is 8.08. The van der Waals surface area contributed by atoms with E-state index in [1.54, 1.807) is 74.8 Å². The number of carbonyl (C=O) groups is 4. The average Bonchev–Trinajstić information content (AvgIpc) is 2.82. The summed E-state index contributed by atoms with van der Waals surface area (Å²) in [4.78, 5) is 52.3. The summed E-state index contributed by atoms with van der Waals surface area (Å²) in [7, 11) is 5.56. The second kappa shape index (κ2) is 11.7. The molecule has 7 nitrogen and oxygen atoms in total. The Morgan fingerprint density at radius 3 is 1.72 bits per heavy atom. The lowest BCUT2D eigenvalue weighted by Gasteiger charge is -2.21. The van der Waals surface area contributed by atoms with Crippen LogP contribution in [0, 0.1) is 0 Å². The Hall–Kier alpha value is -3.65. The third-order valence-corrected chi connectivity index (χ3v) is 5.29. The van der Waals surface area contributed by atoms with Gasteiger partial charge in [0.05, 0.1) is 19.1 Å². The number of allylic oxidation sites excluding steroid dienone is 2. The highest BCUT2D eigenvalue weighted by atomic mass is 32.2. The molecule has 0 aliphatic rings. The SMILES string of the molecule is COC(=O)/C=C(/S/C(C(=O)c1ccccc1)=C(/C(=O)c1ccccc1)N(C)C)C(=O)OC. The minimum Gasteiger partial charge on any atom is -0.466 e. The Labute approximate surface area is 190 Å². The minimum absolute atomic E-state index is 0.0318. The van der Waals surface area contributed by atoms with E-state index in [-0.39, 0.29) is 15.5 Å². The summed E-state index contributed by atoms with van der Waals surface area (Å²) in [5.41, 5.74) is 0.749. The smallest absolute Gasteiger partial charge is 0.344 e. The first kappa shape index (κ1) is 24.6. The number of likely N-dealkylation sites (N-methyl/N-ethyl adjacent to an activating group) is 1. The predicted molar refractivity (Wildman–Crippen MR) is 122 cm³/mol. The van der Waals surface area contributed by atoms with Gasteiger partial charge in [-0.2, -0.15) is 0 Å². The van der Waals surface area contributed by atoms with E-state index < -0.39 is 23.5 Å². The summed E-state index contributed by atoms with van der Waals surface area (Å²) in [6.07, 6.45) is 0.926. The second-order valence-corrected chi connectivity index (χ2v) is 7.64. The highest BCUT2D eigenvalue weighted by Gasteiger charge is 2.28. The largest absolute Gasteiger partial charge is 0.466 e. The number of ketones is 2. The summed E-state index contributed by atoms with van der Waals surface area (Å²) in [5, 5.41) is 0. The molecule has 0 aliphatic heterocycles. The second-order valence-electron chi connectivity index (χ2n) is 6.59. The quantitative estimate of drug-likeness (QED) is 0.324. The molecule has 0 fully saturated rings. The number of benzene rings is 2. The summed E-state index contributed by atoms with van der Waals surface area (Å²) in [6.45, 7) is 0. The first-order valence-electron chi connectivity index (χ1n) is 9.47. The molecule has 0 amide bonds. The van der Waals surface area contributed by atoms with Gasteiger partial charge in [0.15, 0.2) is 0 Å². The van der Waals surface area contributed by atoms with Crippen LogP contribution in [0.5, 0.6) is 0 Å². The number of hydrogen-bond acceptors (Lipinski definition) is 8. The van der Waals surface area contributed by atoms with E-state index in [4.69, 9.17) is 4.74 Å². The fourth-order valence-corrected chi connectivity index (χ4v) is 3.79. The van der Waals surface area contributed by atoms with Crippen LogP contribution in [0.3, 0.4) is 0 Å². The number of carbonyl (C=O) groups excluding carboxylic acids is 4. The molecule has 8 heteroatoms. The summed E-state index contributed by atoms with van der Waals surface area (Å²) < 4.78 is 9.37. The van der Waals surface area contributed by atoms with Gasteiger partial charge < -0.3 is 14.4 Å². The maximum atomic E-state index is 13.5. The number of rotatable bonds is 9. The molecule has 0 bridgehead atoms. The van der Waals surface area contributed by atoms with Crippen LogP contribution < -0.4 is 0 Å². The van der Waals surface area contributed by atoms with Crippen molar-refractivity contribution in [1.82, 2.24) is 4.90 Å². The molecule has 0 aromatic heterocycles. The lowest BCUT2D eigenvalue weighted by atomic mass is 10.0. The van der Waals surface area contributed by atoms with E-state index in [1.165, 1.54) is 4.90 Å². The van der Waals surface area contributed by atoms with E-state index in [0.717, 1.165) is 20.3 Å². The van der Waals surface area contributed by atoms with Crippen LogP contribution in [0.25, 0.3) is 0 Å². The Morgan fingerprint density at radius 1 is 0.781 bits per heavy atom. The Morgan fingerprint density at radius 2 is 1.28 bits per heavy atom. The normalized spacial score (nSPS) is 11.8. The van der Waals surface area contributed by atoms with Crippen LogP contribution in [0.4, 0.5) is 0 Å². The number of Topliss-reactive ketones (excluding diaryl/α,β-unsaturated/α-hetero) is 2. The molecule has 0 heterocycles. The summed E-state index contributed by atoms with van der Waals surface area (Å²) >= 11 is 0.682. The maximum Gasteiger partial charge on any atom is 0.344 e. The molecule has 2 rings (SSSR count). The lowest BCUT2D eigenvalue weighted by Crippen LogP contribution is -2.24. The van der Waals surface area contributed by atoms with Crippen molar-refractivity contribution in [2.75, 3.05) is 28.3 Å². The van der Waals surface area contributed by atoms with Gasteiger partial charge in [0.2, 0.25) is 11.6 Å². The standard InChI is InChI=1S/C24H23NO6S/c1-25(2)20(21(27)16-11-7-5-8-12-16)23(22(28)17-13-9-6-10-14-17)32-18(24(29)31-4)15-19(26)30-3/h5-15H,1-4H3/b18-15+,23-20-. The monoisotopic (exact) mass is 453 g/mol. The summed E-state index contributed by atoms with van der Waals surface area (Å²) in [6, 6.07) is 16.8. The van der Waals surface area contributed by atoms with Gasteiger partial charge in [-0.3, -0.25) is 9.59 Å². The number of ether oxygens (including phenoxy) is 2. The topological polar surface area (TPSA) is 90.0 Å². The van der Waals surface area contributed by atoms with Gasteiger partial charge in [0.1, 0.15) is 10.6 Å². The zero-order valence-electron chi connectivity index (χ0n) is 18.2. The predicted octanol–water partition coefficient (Wildman–Crippen LogP) is 3.49. The maximum absolute atomic E-state index is 13.5. The van der Waals surface area contributed by atoms with Crippen molar-refractivity contribution in [3.63, 3.8) is 0 Å². The molecule has 2 aromatic rings. The molecule has 0 atom stereocenters. The van der Waals surface area contributed by atoms with Crippen molar-refractivity contribution < 1.29 is 28.7 Å². The van der Waals surface area contributed by atoms with Gasteiger partial charge >= 0.3 is 11.9 Å². The molecule has 0 saturated heterocycles. The first-order valence-corrected chi connectivity index (χ1v) is 10.3. The summed E-state index contributed by atoms with van der Waals surface area (Å²) in [5.74, 6) is -2.54. The van der Waals surface area contributed by atoms with Gasteiger partial charge in [0, 0.05) is 31.3 Å². The van der Waals surface area contributed by atoms with Crippen LogP contribution in [0.1, 0.15) is 20.7 Å². The molecule has 32 heavy (non-hydrogen) atoms. The molecule has 0 N–H and O–H groups in total. The van der Waals surface area contributed by atoms with Crippen molar-refractivity contribution in [3.8, 4) is 0 Å². The van der Waals surface area contributed by atoms with Crippen molar-refractivity contribution in [1.29, 1.82) is 0 Å². The van der Waals surface area contributed by atoms with E-state index in [0.29, 0.717) is 22.9 Å². The van der Waals surface area contributed by atoms with Gasteiger partial charge in [-0.25, -0.2) is 9.59 Å². The van der Waals surface area contributed by atoms with Crippen LogP contribution in [-0.2, 0) is 19.1 Å². The van der Waals surface area contributed by atoms with Crippen molar-refractivity contribution in [2.24, 2.45) is 0 Å². The first-order chi connectivity index (χ1) is 15.3. The van der Waals surface area contributed by atoms with Crippen molar-refractivity contribution >= 4 is 35.3 Å². The minimum atomic E-state index is -0.843. The number of thioether (sulfide) groups is 1. The van der Waals surface area contributed by atoms with Gasteiger partial charge in [-0.05, 0) is 0 Å². The third-order valence-electron chi connectivity index (χ3n) is 4.20. The molecule has 0 aliphatic carbocycles. The van der Waals surface area contributed by atoms with Crippen LogP contribution in [-0.4, -0.2) is 56.7 Å². The highest BCUT2D eigenvalue weighted by Crippen LogP contribution is 2.34. The number of methoxy groups -OCH3 is 2. The molecule has 0 spiro atoms. The fraction of sp³-hybridized carbons (Fsp3) is 0.167. The Bertz CT molecular complexity index is 1060. The van der Waals surface area contributed by atoms with Gasteiger partial charge in [0.25, 0.3) is 0 Å². The van der Waals surface area contributed by atoms with E-state index in [2.05, 4.69) is 4.74 Å². The Kier molecular flexibility index (Phi) is 8.97. The van der Waals surface area contributed by atoms with Crippen molar-refractivity contribution in [3.05, 3.63) is 93.4 Å².